The monoisotopic (exact) mass is 482 g/mol. The lowest BCUT2D eigenvalue weighted by Crippen LogP contribution is -2.51. The van der Waals surface area contributed by atoms with E-state index in [-0.39, 0.29) is 30.9 Å². The average Bonchev–Trinajstić information content (AvgIpc) is 2.81. The molecule has 9 nitrogen and oxygen atoms in total. The first-order valence-electron chi connectivity index (χ1n) is 11.7. The molecule has 0 saturated carbocycles. The first kappa shape index (κ1) is 27.9. The standard InChI is InChI=1S/C25H35BN4O5/c1-19(2)15-29(27-14-22-11-8-12-23(13-22)26(33)34)17-24(31)30(16-20(3)4)28-25(32)35-18-21-9-6-5-7-10-21/h5-14,19-20,33-34H,15-18H2,1-4H3,(H,28,32)/b27-14+. The second kappa shape index (κ2) is 14.1. The third-order valence-corrected chi connectivity index (χ3v) is 4.76. The number of hydrazone groups is 1. The number of benzene rings is 2. The molecule has 2 aromatic rings. The molecule has 0 fully saturated rings. The zero-order valence-corrected chi connectivity index (χ0v) is 20.8. The minimum atomic E-state index is -1.57. The first-order chi connectivity index (χ1) is 16.6. The van der Waals surface area contributed by atoms with Crippen molar-refractivity contribution >= 4 is 30.8 Å². The predicted molar refractivity (Wildman–Crippen MR) is 137 cm³/mol. The fourth-order valence-corrected chi connectivity index (χ4v) is 3.20. The number of hydrazine groups is 1. The number of carbonyl (C=O) groups is 2. The number of amides is 2. The van der Waals surface area contributed by atoms with E-state index in [0.29, 0.717) is 24.1 Å². The molecule has 10 heteroatoms. The van der Waals surface area contributed by atoms with E-state index < -0.39 is 13.2 Å². The van der Waals surface area contributed by atoms with Crippen LogP contribution in [0.5, 0.6) is 0 Å². The molecule has 0 aliphatic heterocycles. The molecular formula is C25H35BN4O5. The van der Waals surface area contributed by atoms with Crippen molar-refractivity contribution in [2.45, 2.75) is 34.3 Å². The lowest BCUT2D eigenvalue weighted by atomic mass is 9.80. The van der Waals surface area contributed by atoms with Gasteiger partial charge in [-0.05, 0) is 28.4 Å². The maximum absolute atomic E-state index is 13.1. The molecule has 0 saturated heterocycles. The number of carbonyl (C=O) groups excluding carboxylic acids is 2. The highest BCUT2D eigenvalue weighted by Gasteiger charge is 2.21. The van der Waals surface area contributed by atoms with Gasteiger partial charge in [0.2, 0.25) is 0 Å². The zero-order valence-electron chi connectivity index (χ0n) is 20.8. The van der Waals surface area contributed by atoms with Crippen molar-refractivity contribution in [2.24, 2.45) is 16.9 Å². The maximum atomic E-state index is 13.1. The van der Waals surface area contributed by atoms with E-state index in [1.54, 1.807) is 35.5 Å². The highest BCUT2D eigenvalue weighted by Crippen LogP contribution is 2.05. The van der Waals surface area contributed by atoms with Crippen LogP contribution in [0.25, 0.3) is 0 Å². The number of hydrogen-bond donors (Lipinski definition) is 3. The van der Waals surface area contributed by atoms with Crippen molar-refractivity contribution in [1.82, 2.24) is 15.4 Å². The SMILES string of the molecule is CC(C)CN(CC(=O)N(CC(C)C)NC(=O)OCc1ccccc1)/N=C/c1cccc(B(O)O)c1. The van der Waals surface area contributed by atoms with Crippen molar-refractivity contribution in [1.29, 1.82) is 0 Å². The van der Waals surface area contributed by atoms with Gasteiger partial charge in [0.1, 0.15) is 13.2 Å². The van der Waals surface area contributed by atoms with Crippen molar-refractivity contribution < 1.29 is 24.4 Å². The summed E-state index contributed by atoms with van der Waals surface area (Å²) in [6.07, 6.45) is 0.858. The van der Waals surface area contributed by atoms with Crippen LogP contribution < -0.4 is 10.9 Å². The minimum absolute atomic E-state index is 0.0529. The number of ether oxygens (including phenoxy) is 1. The number of rotatable bonds is 11. The largest absolute Gasteiger partial charge is 0.488 e. The number of nitrogens with zero attached hydrogens (tertiary/aromatic N) is 3. The molecule has 0 aromatic heterocycles. The molecule has 0 atom stereocenters. The van der Waals surface area contributed by atoms with E-state index in [4.69, 9.17) is 4.74 Å². The highest BCUT2D eigenvalue weighted by molar-refractivity contribution is 6.58. The van der Waals surface area contributed by atoms with Crippen LogP contribution in [-0.2, 0) is 16.1 Å². The first-order valence-corrected chi connectivity index (χ1v) is 11.7. The molecule has 0 aliphatic rings. The Kier molecular flexibility index (Phi) is 11.3. The van der Waals surface area contributed by atoms with Crippen LogP contribution in [0.1, 0.15) is 38.8 Å². The molecule has 0 bridgehead atoms. The quantitative estimate of drug-likeness (QED) is 0.256. The fraction of sp³-hybridized carbons (Fsp3) is 0.400. The summed E-state index contributed by atoms with van der Waals surface area (Å²) in [5, 5.41) is 26.1. The Morgan fingerprint density at radius 1 is 1.03 bits per heavy atom. The molecule has 0 aliphatic carbocycles. The summed E-state index contributed by atoms with van der Waals surface area (Å²) in [7, 11) is -1.57. The van der Waals surface area contributed by atoms with Gasteiger partial charge in [0.05, 0.1) is 6.21 Å². The van der Waals surface area contributed by atoms with Gasteiger partial charge in [-0.3, -0.25) is 9.80 Å². The Labute approximate surface area is 207 Å². The molecule has 0 radical (unpaired) electrons. The van der Waals surface area contributed by atoms with Gasteiger partial charge in [0.25, 0.3) is 5.91 Å². The van der Waals surface area contributed by atoms with Gasteiger partial charge in [-0.15, -0.1) is 0 Å². The van der Waals surface area contributed by atoms with Crippen molar-refractivity contribution in [2.75, 3.05) is 19.6 Å². The Balaban J connectivity index is 2.06. The van der Waals surface area contributed by atoms with Crippen molar-refractivity contribution in [3.05, 3.63) is 65.7 Å². The summed E-state index contributed by atoms with van der Waals surface area (Å²) in [6, 6.07) is 16.0. The van der Waals surface area contributed by atoms with Gasteiger partial charge in [-0.2, -0.15) is 5.10 Å². The summed E-state index contributed by atoms with van der Waals surface area (Å²) in [5.74, 6) is 0.0173. The predicted octanol–water partition coefficient (Wildman–Crippen LogP) is 1.98. The second-order valence-electron chi connectivity index (χ2n) is 9.10. The van der Waals surface area contributed by atoms with Gasteiger partial charge in [0, 0.05) is 13.1 Å². The molecule has 188 valence electrons. The summed E-state index contributed by atoms with van der Waals surface area (Å²) in [6.45, 7) is 8.80. The lowest BCUT2D eigenvalue weighted by molar-refractivity contribution is -0.136. The molecular weight excluding hydrogens is 447 g/mol. The van der Waals surface area contributed by atoms with Crippen molar-refractivity contribution in [3.63, 3.8) is 0 Å². The Hall–Kier alpha value is -3.37. The molecule has 0 heterocycles. The van der Waals surface area contributed by atoms with Crippen LogP contribution in [0.3, 0.4) is 0 Å². The van der Waals surface area contributed by atoms with Gasteiger partial charge in [-0.1, -0.05) is 82.3 Å². The number of hydrogen-bond acceptors (Lipinski definition) is 7. The van der Waals surface area contributed by atoms with E-state index >= 15 is 0 Å². The summed E-state index contributed by atoms with van der Waals surface area (Å²) >= 11 is 0. The Morgan fingerprint density at radius 2 is 1.71 bits per heavy atom. The van der Waals surface area contributed by atoms with Crippen molar-refractivity contribution in [3.8, 4) is 0 Å². The molecule has 2 aromatic carbocycles. The third kappa shape index (κ3) is 10.6. The normalized spacial score (nSPS) is 11.1. The number of nitrogens with one attached hydrogen (secondary N) is 1. The lowest BCUT2D eigenvalue weighted by Gasteiger charge is -2.28. The van der Waals surface area contributed by atoms with Crippen LogP contribution >= 0.6 is 0 Å². The van der Waals surface area contributed by atoms with Crippen LogP contribution in [0.2, 0.25) is 0 Å². The Morgan fingerprint density at radius 3 is 2.34 bits per heavy atom. The third-order valence-electron chi connectivity index (χ3n) is 4.76. The smallest absolute Gasteiger partial charge is 0.443 e. The van der Waals surface area contributed by atoms with E-state index in [1.165, 1.54) is 5.01 Å². The molecule has 0 spiro atoms. The Bertz CT molecular complexity index is 969. The summed E-state index contributed by atoms with van der Waals surface area (Å²) in [4.78, 5) is 25.5. The molecule has 2 amide bonds. The topological polar surface area (TPSA) is 115 Å². The van der Waals surface area contributed by atoms with E-state index in [0.717, 1.165) is 5.56 Å². The minimum Gasteiger partial charge on any atom is -0.443 e. The zero-order chi connectivity index (χ0) is 25.8. The van der Waals surface area contributed by atoms with E-state index in [1.807, 2.05) is 58.0 Å². The molecule has 35 heavy (non-hydrogen) atoms. The molecule has 0 unspecified atom stereocenters. The summed E-state index contributed by atoms with van der Waals surface area (Å²) in [5.41, 5.74) is 4.42. The van der Waals surface area contributed by atoms with Crippen LogP contribution in [0.4, 0.5) is 4.79 Å². The van der Waals surface area contributed by atoms with Crippen LogP contribution in [-0.4, -0.2) is 65.0 Å². The average molecular weight is 482 g/mol. The fourth-order valence-electron chi connectivity index (χ4n) is 3.20. The van der Waals surface area contributed by atoms with Crippen LogP contribution in [0.15, 0.2) is 59.7 Å². The maximum Gasteiger partial charge on any atom is 0.488 e. The molecule has 2 rings (SSSR count). The van der Waals surface area contributed by atoms with Gasteiger partial charge in [-0.25, -0.2) is 15.2 Å². The van der Waals surface area contributed by atoms with Gasteiger partial charge >= 0.3 is 13.2 Å². The van der Waals surface area contributed by atoms with Crippen LogP contribution in [0, 0.1) is 11.8 Å². The van der Waals surface area contributed by atoms with Gasteiger partial charge in [0.15, 0.2) is 0 Å². The summed E-state index contributed by atoms with van der Waals surface area (Å²) < 4.78 is 5.27. The van der Waals surface area contributed by atoms with Gasteiger partial charge < -0.3 is 14.8 Å². The van der Waals surface area contributed by atoms with E-state index in [9.17, 15) is 19.6 Å². The molecule has 3 N–H and O–H groups in total. The second-order valence-corrected chi connectivity index (χ2v) is 9.10. The highest BCUT2D eigenvalue weighted by atomic mass is 16.6. The van der Waals surface area contributed by atoms with E-state index in [2.05, 4.69) is 10.5 Å².